The van der Waals surface area contributed by atoms with Crippen molar-refractivity contribution < 1.29 is 9.90 Å². The topological polar surface area (TPSA) is 87.5 Å². The summed E-state index contributed by atoms with van der Waals surface area (Å²) in [4.78, 5) is 34.4. The summed E-state index contributed by atoms with van der Waals surface area (Å²) < 4.78 is 1.84. The van der Waals surface area contributed by atoms with Crippen molar-refractivity contribution in [3.8, 4) is 0 Å². The molecule has 9 heteroatoms. The van der Waals surface area contributed by atoms with E-state index in [1.807, 2.05) is 41.9 Å². The zero-order valence-corrected chi connectivity index (χ0v) is 21.4. The second kappa shape index (κ2) is 10.5. The number of carbonyl (C=O) groups excluding carboxylic acids is 1. The molecule has 1 saturated heterocycles. The van der Waals surface area contributed by atoms with Crippen LogP contribution in [0, 0.1) is 0 Å². The molecule has 1 amide bonds. The van der Waals surface area contributed by atoms with Gasteiger partial charge >= 0.3 is 0 Å². The van der Waals surface area contributed by atoms with E-state index in [9.17, 15) is 14.7 Å². The van der Waals surface area contributed by atoms with Crippen LogP contribution in [-0.4, -0.2) is 38.1 Å². The number of carbonyl (C=O) groups is 1. The van der Waals surface area contributed by atoms with Crippen molar-refractivity contribution in [2.45, 2.75) is 38.1 Å². The Morgan fingerprint density at radius 3 is 2.86 bits per heavy atom. The maximum absolute atomic E-state index is 13.2. The average molecular weight is 523 g/mol. The van der Waals surface area contributed by atoms with E-state index < -0.39 is 12.0 Å². The zero-order chi connectivity index (χ0) is 25.2. The van der Waals surface area contributed by atoms with Crippen molar-refractivity contribution >= 4 is 39.1 Å². The number of aliphatic hydroxyl groups is 1. The number of benzene rings is 1. The molecule has 186 valence electrons. The lowest BCUT2D eigenvalue weighted by Gasteiger charge is -2.28. The van der Waals surface area contributed by atoms with E-state index in [0.29, 0.717) is 23.5 Å². The van der Waals surface area contributed by atoms with E-state index in [1.54, 1.807) is 42.1 Å². The van der Waals surface area contributed by atoms with Gasteiger partial charge in [0, 0.05) is 60.2 Å². The predicted octanol–water partition coefficient (Wildman–Crippen LogP) is 4.28. The quantitative estimate of drug-likeness (QED) is 0.378. The monoisotopic (exact) mass is 522 g/mol. The van der Waals surface area contributed by atoms with Gasteiger partial charge in [0.15, 0.2) is 0 Å². The SMILES string of the molecule is Cn1cc(C(=O)NCc2ccc(Cl)cc2)c(=O)c2cc(CN3CCCC3[C@@H](O)c3cccnc3)sc21. The summed E-state index contributed by atoms with van der Waals surface area (Å²) in [6.07, 6.45) is 6.31. The van der Waals surface area contributed by atoms with Gasteiger partial charge < -0.3 is 15.0 Å². The fraction of sp³-hybridized carbons (Fsp3) is 0.296. The molecule has 4 aromatic rings. The Labute approximate surface area is 218 Å². The van der Waals surface area contributed by atoms with Gasteiger partial charge in [-0.15, -0.1) is 11.3 Å². The number of hydrogen-bond donors (Lipinski definition) is 2. The fourth-order valence-corrected chi connectivity index (χ4v) is 6.05. The highest BCUT2D eigenvalue weighted by atomic mass is 35.5. The Balaban J connectivity index is 1.34. The van der Waals surface area contributed by atoms with Gasteiger partial charge in [-0.05, 0) is 49.2 Å². The predicted molar refractivity (Wildman–Crippen MR) is 142 cm³/mol. The fourth-order valence-electron chi connectivity index (χ4n) is 4.81. The minimum Gasteiger partial charge on any atom is -0.387 e. The molecule has 36 heavy (non-hydrogen) atoms. The second-order valence-electron chi connectivity index (χ2n) is 9.13. The molecular weight excluding hydrogens is 496 g/mol. The summed E-state index contributed by atoms with van der Waals surface area (Å²) in [6.45, 7) is 1.82. The maximum Gasteiger partial charge on any atom is 0.257 e. The number of amides is 1. The van der Waals surface area contributed by atoms with E-state index in [1.165, 1.54) is 0 Å². The van der Waals surface area contributed by atoms with Crippen molar-refractivity contribution in [3.05, 3.63) is 97.9 Å². The van der Waals surface area contributed by atoms with Crippen LogP contribution in [0.1, 0.15) is 45.3 Å². The number of likely N-dealkylation sites (tertiary alicyclic amines) is 1. The van der Waals surface area contributed by atoms with Crippen LogP contribution in [0.2, 0.25) is 5.02 Å². The largest absolute Gasteiger partial charge is 0.387 e. The van der Waals surface area contributed by atoms with Gasteiger partial charge in [0.2, 0.25) is 5.43 Å². The maximum atomic E-state index is 13.2. The number of pyridine rings is 2. The van der Waals surface area contributed by atoms with Gasteiger partial charge in [0.05, 0.1) is 11.5 Å². The minimum atomic E-state index is -0.613. The van der Waals surface area contributed by atoms with Crippen molar-refractivity contribution in [1.29, 1.82) is 0 Å². The molecule has 0 spiro atoms. The average Bonchev–Trinajstić information content (AvgIpc) is 3.54. The number of fused-ring (bicyclic) bond motifs is 1. The van der Waals surface area contributed by atoms with Gasteiger partial charge in [0.25, 0.3) is 5.91 Å². The van der Waals surface area contributed by atoms with E-state index in [4.69, 9.17) is 11.6 Å². The third kappa shape index (κ3) is 5.08. The first kappa shape index (κ1) is 24.6. The highest BCUT2D eigenvalue weighted by Gasteiger charge is 2.32. The Morgan fingerprint density at radius 2 is 2.11 bits per heavy atom. The number of aliphatic hydroxyl groups excluding tert-OH is 1. The number of aromatic nitrogens is 2. The van der Waals surface area contributed by atoms with Crippen LogP contribution in [0.3, 0.4) is 0 Å². The molecule has 0 aliphatic carbocycles. The smallest absolute Gasteiger partial charge is 0.257 e. The Bertz CT molecular complexity index is 1440. The number of aryl methyl sites for hydroxylation is 1. The van der Waals surface area contributed by atoms with E-state index in [0.717, 1.165) is 40.2 Å². The lowest BCUT2D eigenvalue weighted by Crippen LogP contribution is -2.33. The molecule has 1 aliphatic heterocycles. The zero-order valence-electron chi connectivity index (χ0n) is 19.9. The highest BCUT2D eigenvalue weighted by molar-refractivity contribution is 7.18. The Morgan fingerprint density at radius 1 is 1.31 bits per heavy atom. The van der Waals surface area contributed by atoms with Crippen LogP contribution in [0.4, 0.5) is 0 Å². The standard InChI is InChI=1S/C27H27ClN4O3S/c1-31-16-22(26(35)30-13-17-6-8-19(28)9-7-17)25(34)21-12-20(36-27(21)31)15-32-11-3-5-23(32)24(33)18-4-2-10-29-14-18/h2,4,6-10,12,14,16,23-24,33H,3,5,11,13,15H2,1H3,(H,30,35)/t23?,24-/m0/s1. The third-order valence-electron chi connectivity index (χ3n) is 6.67. The minimum absolute atomic E-state index is 0.00547. The first-order valence-corrected chi connectivity index (χ1v) is 13.1. The molecule has 0 saturated carbocycles. The third-order valence-corrected chi connectivity index (χ3v) is 8.13. The van der Waals surface area contributed by atoms with Gasteiger partial charge in [-0.3, -0.25) is 19.5 Å². The van der Waals surface area contributed by atoms with E-state index in [2.05, 4.69) is 15.2 Å². The second-order valence-corrected chi connectivity index (χ2v) is 10.7. The van der Waals surface area contributed by atoms with Gasteiger partial charge in [0.1, 0.15) is 10.4 Å². The highest BCUT2D eigenvalue weighted by Crippen LogP contribution is 2.32. The van der Waals surface area contributed by atoms with Gasteiger partial charge in [-0.2, -0.15) is 0 Å². The number of rotatable bonds is 7. The molecule has 7 nitrogen and oxygen atoms in total. The van der Waals surface area contributed by atoms with Gasteiger partial charge in [-0.1, -0.05) is 29.8 Å². The summed E-state index contributed by atoms with van der Waals surface area (Å²) in [5.41, 5.74) is 1.56. The summed E-state index contributed by atoms with van der Waals surface area (Å²) in [5.74, 6) is -0.403. The van der Waals surface area contributed by atoms with Crippen LogP contribution in [-0.2, 0) is 20.1 Å². The molecule has 1 aliphatic rings. The molecule has 1 fully saturated rings. The molecule has 0 radical (unpaired) electrons. The van der Waals surface area contributed by atoms with Crippen LogP contribution >= 0.6 is 22.9 Å². The molecule has 1 unspecified atom stereocenters. The summed E-state index contributed by atoms with van der Waals surface area (Å²) in [5, 5.41) is 15.0. The first-order valence-electron chi connectivity index (χ1n) is 11.9. The number of hydrogen-bond acceptors (Lipinski definition) is 6. The number of nitrogens with one attached hydrogen (secondary N) is 1. The van der Waals surface area contributed by atoms with Crippen LogP contribution in [0.15, 0.2) is 65.8 Å². The van der Waals surface area contributed by atoms with Crippen molar-refractivity contribution in [1.82, 2.24) is 19.8 Å². The summed E-state index contributed by atoms with van der Waals surface area (Å²) in [7, 11) is 1.85. The van der Waals surface area contributed by atoms with E-state index in [-0.39, 0.29) is 17.0 Å². The summed E-state index contributed by atoms with van der Waals surface area (Å²) >= 11 is 7.47. The molecule has 0 bridgehead atoms. The van der Waals surface area contributed by atoms with Crippen LogP contribution < -0.4 is 10.7 Å². The molecule has 3 aromatic heterocycles. The molecule has 2 atom stereocenters. The van der Waals surface area contributed by atoms with Crippen LogP contribution in [0.25, 0.3) is 10.2 Å². The lowest BCUT2D eigenvalue weighted by molar-refractivity contribution is 0.0691. The molecule has 2 N–H and O–H groups in total. The van der Waals surface area contributed by atoms with Gasteiger partial charge in [-0.25, -0.2) is 0 Å². The summed E-state index contributed by atoms with van der Waals surface area (Å²) in [6, 6.07) is 12.8. The van der Waals surface area contributed by atoms with Crippen molar-refractivity contribution in [2.24, 2.45) is 7.05 Å². The first-order chi connectivity index (χ1) is 17.4. The van der Waals surface area contributed by atoms with Crippen LogP contribution in [0.5, 0.6) is 0 Å². The Hall–Kier alpha value is -3.04. The lowest BCUT2D eigenvalue weighted by atomic mass is 10.0. The number of thiophene rings is 1. The molecule has 5 rings (SSSR count). The number of halogens is 1. The van der Waals surface area contributed by atoms with Crippen molar-refractivity contribution in [3.63, 3.8) is 0 Å². The molecule has 1 aromatic carbocycles. The normalized spacial score (nSPS) is 16.9. The molecular formula is C27H27ClN4O3S. The van der Waals surface area contributed by atoms with E-state index >= 15 is 0 Å². The Kier molecular flexibility index (Phi) is 7.20. The molecule has 4 heterocycles. The van der Waals surface area contributed by atoms with Crippen molar-refractivity contribution in [2.75, 3.05) is 6.54 Å². The number of nitrogens with zero attached hydrogens (tertiary/aromatic N) is 3.